The van der Waals surface area contributed by atoms with Crippen LogP contribution >= 0.6 is 0 Å². The van der Waals surface area contributed by atoms with E-state index in [9.17, 15) is 4.79 Å². The van der Waals surface area contributed by atoms with E-state index in [1.165, 1.54) is 0 Å². The van der Waals surface area contributed by atoms with Gasteiger partial charge in [0.1, 0.15) is 5.82 Å². The number of aryl methyl sites for hydroxylation is 1. The van der Waals surface area contributed by atoms with Gasteiger partial charge in [-0.15, -0.1) is 0 Å². The lowest BCUT2D eigenvalue weighted by molar-refractivity contribution is -0.116. The van der Waals surface area contributed by atoms with E-state index in [4.69, 9.17) is 0 Å². The zero-order chi connectivity index (χ0) is 16.0. The number of benzene rings is 1. The maximum atomic E-state index is 11.9. The topological polar surface area (TPSA) is 54.0 Å². The molecule has 0 radical (unpaired) electrons. The van der Waals surface area contributed by atoms with Crippen LogP contribution in [-0.2, 0) is 11.2 Å². The standard InChI is InChI=1S/C18H23N3O/c1-18(2,3)21-15-10-11-16(19-13-15)20-17(22)12-9-14-7-5-4-6-8-14/h4-8,10-11,13,21H,9,12H2,1-3H3,(H,19,20,22). The van der Waals surface area contributed by atoms with E-state index in [0.717, 1.165) is 17.7 Å². The Morgan fingerprint density at radius 1 is 1.09 bits per heavy atom. The highest BCUT2D eigenvalue weighted by atomic mass is 16.1. The summed E-state index contributed by atoms with van der Waals surface area (Å²) >= 11 is 0. The SMILES string of the molecule is CC(C)(C)Nc1ccc(NC(=O)CCc2ccccc2)nc1. The second-order valence-corrected chi connectivity index (χ2v) is 6.34. The van der Waals surface area contributed by atoms with Crippen molar-refractivity contribution in [2.45, 2.75) is 39.2 Å². The van der Waals surface area contributed by atoms with Gasteiger partial charge in [0.2, 0.25) is 5.91 Å². The molecule has 0 atom stereocenters. The minimum Gasteiger partial charge on any atom is -0.379 e. The molecule has 1 heterocycles. The Morgan fingerprint density at radius 2 is 1.82 bits per heavy atom. The van der Waals surface area contributed by atoms with Crippen LogP contribution in [0.15, 0.2) is 48.7 Å². The minimum absolute atomic E-state index is 0.0118. The maximum absolute atomic E-state index is 11.9. The fraction of sp³-hybridized carbons (Fsp3) is 0.333. The Bertz CT molecular complexity index is 600. The van der Waals surface area contributed by atoms with Crippen molar-refractivity contribution in [3.63, 3.8) is 0 Å². The van der Waals surface area contributed by atoms with Gasteiger partial charge in [0.25, 0.3) is 0 Å². The summed E-state index contributed by atoms with van der Waals surface area (Å²) in [5.41, 5.74) is 2.09. The summed E-state index contributed by atoms with van der Waals surface area (Å²) in [6.07, 6.45) is 2.92. The number of carbonyl (C=O) groups is 1. The van der Waals surface area contributed by atoms with Crippen LogP contribution < -0.4 is 10.6 Å². The number of nitrogens with one attached hydrogen (secondary N) is 2. The Balaban J connectivity index is 1.84. The molecule has 0 saturated carbocycles. The summed E-state index contributed by atoms with van der Waals surface area (Å²) in [5.74, 6) is 0.561. The zero-order valence-electron chi connectivity index (χ0n) is 13.4. The summed E-state index contributed by atoms with van der Waals surface area (Å²) in [6.45, 7) is 6.27. The molecule has 4 heteroatoms. The molecule has 0 fully saturated rings. The molecule has 0 saturated heterocycles. The quantitative estimate of drug-likeness (QED) is 0.881. The molecule has 116 valence electrons. The Morgan fingerprint density at radius 3 is 2.41 bits per heavy atom. The molecular weight excluding hydrogens is 274 g/mol. The number of amides is 1. The monoisotopic (exact) mass is 297 g/mol. The second-order valence-electron chi connectivity index (χ2n) is 6.34. The third-order valence-electron chi connectivity index (χ3n) is 3.03. The van der Waals surface area contributed by atoms with Crippen molar-refractivity contribution in [3.8, 4) is 0 Å². The number of hydrogen-bond donors (Lipinski definition) is 2. The van der Waals surface area contributed by atoms with E-state index < -0.39 is 0 Å². The molecule has 2 N–H and O–H groups in total. The number of pyridine rings is 1. The molecule has 0 aliphatic heterocycles. The van der Waals surface area contributed by atoms with Crippen molar-refractivity contribution in [3.05, 3.63) is 54.2 Å². The van der Waals surface area contributed by atoms with Crippen LogP contribution in [0.25, 0.3) is 0 Å². The fourth-order valence-electron chi connectivity index (χ4n) is 2.08. The van der Waals surface area contributed by atoms with Crippen molar-refractivity contribution >= 4 is 17.4 Å². The van der Waals surface area contributed by atoms with Crippen LogP contribution in [0, 0.1) is 0 Å². The molecule has 2 aromatic rings. The van der Waals surface area contributed by atoms with E-state index in [1.807, 2.05) is 42.5 Å². The molecule has 0 aliphatic carbocycles. The number of carbonyl (C=O) groups excluding carboxylic acids is 1. The molecule has 1 aromatic heterocycles. The smallest absolute Gasteiger partial charge is 0.225 e. The van der Waals surface area contributed by atoms with E-state index in [2.05, 4.69) is 36.4 Å². The second kappa shape index (κ2) is 7.07. The number of rotatable bonds is 5. The van der Waals surface area contributed by atoms with Gasteiger partial charge < -0.3 is 10.6 Å². The number of nitrogens with zero attached hydrogens (tertiary/aromatic N) is 1. The molecule has 0 unspecified atom stereocenters. The Hall–Kier alpha value is -2.36. The van der Waals surface area contributed by atoms with Crippen molar-refractivity contribution < 1.29 is 4.79 Å². The summed E-state index contributed by atoms with van der Waals surface area (Å²) in [7, 11) is 0. The van der Waals surface area contributed by atoms with Gasteiger partial charge in [-0.3, -0.25) is 4.79 Å². The van der Waals surface area contributed by atoms with Crippen LogP contribution in [0.3, 0.4) is 0 Å². The van der Waals surface area contributed by atoms with Crippen molar-refractivity contribution in [1.82, 2.24) is 4.98 Å². The normalized spacial score (nSPS) is 11.0. The van der Waals surface area contributed by atoms with Crippen LogP contribution in [0.5, 0.6) is 0 Å². The summed E-state index contributed by atoms with van der Waals surface area (Å²) in [4.78, 5) is 16.2. The molecule has 22 heavy (non-hydrogen) atoms. The van der Waals surface area contributed by atoms with Gasteiger partial charge >= 0.3 is 0 Å². The first-order valence-electron chi connectivity index (χ1n) is 7.50. The third kappa shape index (κ3) is 5.56. The Kier molecular flexibility index (Phi) is 5.15. The Labute approximate surface area is 132 Å². The predicted octanol–water partition coefficient (Wildman–Crippen LogP) is 3.86. The number of hydrogen-bond acceptors (Lipinski definition) is 3. The molecule has 0 spiro atoms. The van der Waals surface area contributed by atoms with Crippen LogP contribution in [0.4, 0.5) is 11.5 Å². The van der Waals surface area contributed by atoms with Gasteiger partial charge in [0.05, 0.1) is 11.9 Å². The van der Waals surface area contributed by atoms with E-state index >= 15 is 0 Å². The van der Waals surface area contributed by atoms with Gasteiger partial charge in [-0.2, -0.15) is 0 Å². The number of aromatic nitrogens is 1. The molecule has 2 rings (SSSR count). The zero-order valence-corrected chi connectivity index (χ0v) is 13.4. The number of anilines is 2. The first kappa shape index (κ1) is 16.0. The largest absolute Gasteiger partial charge is 0.379 e. The average molecular weight is 297 g/mol. The first-order valence-corrected chi connectivity index (χ1v) is 7.50. The van der Waals surface area contributed by atoms with E-state index in [0.29, 0.717) is 12.2 Å². The van der Waals surface area contributed by atoms with Gasteiger partial charge in [0, 0.05) is 12.0 Å². The fourth-order valence-corrected chi connectivity index (χ4v) is 2.08. The van der Waals surface area contributed by atoms with E-state index in [1.54, 1.807) is 6.20 Å². The lowest BCUT2D eigenvalue weighted by Crippen LogP contribution is -2.26. The summed E-state index contributed by atoms with van der Waals surface area (Å²) in [5, 5.41) is 6.16. The lowest BCUT2D eigenvalue weighted by Gasteiger charge is -2.21. The summed E-state index contributed by atoms with van der Waals surface area (Å²) in [6, 6.07) is 13.7. The van der Waals surface area contributed by atoms with E-state index in [-0.39, 0.29) is 11.4 Å². The molecular formula is C18H23N3O. The van der Waals surface area contributed by atoms with Crippen LogP contribution in [0.2, 0.25) is 0 Å². The highest BCUT2D eigenvalue weighted by molar-refractivity contribution is 5.89. The van der Waals surface area contributed by atoms with Crippen molar-refractivity contribution in [2.24, 2.45) is 0 Å². The molecule has 1 aromatic carbocycles. The van der Waals surface area contributed by atoms with Crippen LogP contribution in [-0.4, -0.2) is 16.4 Å². The van der Waals surface area contributed by atoms with Gasteiger partial charge in [-0.1, -0.05) is 30.3 Å². The highest BCUT2D eigenvalue weighted by Gasteiger charge is 2.09. The van der Waals surface area contributed by atoms with Crippen molar-refractivity contribution in [1.29, 1.82) is 0 Å². The maximum Gasteiger partial charge on any atom is 0.225 e. The predicted molar refractivity (Wildman–Crippen MR) is 91.0 cm³/mol. The minimum atomic E-state index is -0.0205. The molecule has 4 nitrogen and oxygen atoms in total. The van der Waals surface area contributed by atoms with Gasteiger partial charge in [0.15, 0.2) is 0 Å². The highest BCUT2D eigenvalue weighted by Crippen LogP contribution is 2.15. The molecule has 1 amide bonds. The lowest BCUT2D eigenvalue weighted by atomic mass is 10.1. The molecule has 0 bridgehead atoms. The summed E-state index contributed by atoms with van der Waals surface area (Å²) < 4.78 is 0. The third-order valence-corrected chi connectivity index (χ3v) is 3.03. The molecule has 0 aliphatic rings. The average Bonchev–Trinajstić information content (AvgIpc) is 2.47. The van der Waals surface area contributed by atoms with Crippen LogP contribution in [0.1, 0.15) is 32.8 Å². The van der Waals surface area contributed by atoms with Gasteiger partial charge in [-0.05, 0) is 44.9 Å². The van der Waals surface area contributed by atoms with Gasteiger partial charge in [-0.25, -0.2) is 4.98 Å². The van der Waals surface area contributed by atoms with Crippen molar-refractivity contribution in [2.75, 3.05) is 10.6 Å². The first-order chi connectivity index (χ1) is 10.4.